The highest BCUT2D eigenvalue weighted by molar-refractivity contribution is 5.79. The number of benzene rings is 3. The minimum Gasteiger partial charge on any atom is -0.346 e. The van der Waals surface area contributed by atoms with Crippen molar-refractivity contribution in [3.8, 4) is 0 Å². The van der Waals surface area contributed by atoms with Crippen LogP contribution < -0.4 is 16.2 Å². The Balaban J connectivity index is 1.65. The predicted octanol–water partition coefficient (Wildman–Crippen LogP) is 5.54. The summed E-state index contributed by atoms with van der Waals surface area (Å²) < 4.78 is 0. The second kappa shape index (κ2) is 10.2. The zero-order valence-corrected chi connectivity index (χ0v) is 20.6. The van der Waals surface area contributed by atoms with E-state index in [4.69, 9.17) is 4.98 Å². The van der Waals surface area contributed by atoms with Gasteiger partial charge in [0.15, 0.2) is 0 Å². The molecule has 0 aliphatic heterocycles. The predicted molar refractivity (Wildman–Crippen MR) is 146 cm³/mol. The molecule has 0 aliphatic carbocycles. The van der Waals surface area contributed by atoms with E-state index < -0.39 is 5.54 Å². The number of nitrogens with one attached hydrogen (secondary N) is 4. The summed E-state index contributed by atoms with van der Waals surface area (Å²) in [6, 6.07) is 31.1. The molecule has 0 bridgehead atoms. The standard InChI is InChI=1S/C30H31N5O/c1-3-21(2)31-19-22-20-32-27-26(22)28(36)34-29(33-27)35-30(23-13-7-4-8-14-23,24-15-9-5-10-16-24)25-17-11-6-12-18-25/h4-18,20-21,31H,3,19H2,1-2H3,(H3,32,33,34,35,36). The first kappa shape index (κ1) is 23.6. The third kappa shape index (κ3) is 4.43. The average molecular weight is 478 g/mol. The molecule has 5 rings (SSSR count). The molecule has 3 aromatic carbocycles. The first-order valence-electron chi connectivity index (χ1n) is 12.4. The van der Waals surface area contributed by atoms with Gasteiger partial charge in [-0.25, -0.2) is 0 Å². The molecule has 2 aromatic heterocycles. The van der Waals surface area contributed by atoms with Crippen molar-refractivity contribution in [1.29, 1.82) is 0 Å². The lowest BCUT2D eigenvalue weighted by molar-refractivity contribution is 0.535. The normalized spacial score (nSPS) is 12.5. The van der Waals surface area contributed by atoms with Gasteiger partial charge in [-0.2, -0.15) is 4.98 Å². The lowest BCUT2D eigenvalue weighted by atomic mass is 9.77. The highest BCUT2D eigenvalue weighted by atomic mass is 16.1. The van der Waals surface area contributed by atoms with Crippen molar-refractivity contribution in [1.82, 2.24) is 20.3 Å². The second-order valence-electron chi connectivity index (χ2n) is 9.12. The van der Waals surface area contributed by atoms with Crippen LogP contribution in [0.25, 0.3) is 11.0 Å². The van der Waals surface area contributed by atoms with E-state index in [1.165, 1.54) is 0 Å². The van der Waals surface area contributed by atoms with Gasteiger partial charge in [-0.05, 0) is 35.6 Å². The lowest BCUT2D eigenvalue weighted by Crippen LogP contribution is -2.39. The van der Waals surface area contributed by atoms with Gasteiger partial charge in [0.2, 0.25) is 5.95 Å². The van der Waals surface area contributed by atoms with Crippen LogP contribution in [0.5, 0.6) is 0 Å². The molecule has 6 nitrogen and oxygen atoms in total. The Morgan fingerprint density at radius 2 is 1.39 bits per heavy atom. The minimum absolute atomic E-state index is 0.173. The summed E-state index contributed by atoms with van der Waals surface area (Å²) in [7, 11) is 0. The fraction of sp³-hybridized carbons (Fsp3) is 0.200. The Bertz CT molecular complexity index is 1380. The maximum absolute atomic E-state index is 13.3. The Kier molecular flexibility index (Phi) is 6.69. The van der Waals surface area contributed by atoms with E-state index in [1.54, 1.807) is 0 Å². The molecule has 0 aliphatic rings. The number of hydrogen-bond acceptors (Lipinski definition) is 4. The van der Waals surface area contributed by atoms with E-state index in [-0.39, 0.29) is 5.56 Å². The van der Waals surface area contributed by atoms with Crippen LogP contribution in [0.4, 0.5) is 5.95 Å². The first-order chi connectivity index (χ1) is 17.6. The smallest absolute Gasteiger partial charge is 0.262 e. The fourth-order valence-corrected chi connectivity index (χ4v) is 4.69. The van der Waals surface area contributed by atoms with Crippen LogP contribution in [0.1, 0.15) is 42.5 Å². The number of nitrogens with zero attached hydrogens (tertiary/aromatic N) is 1. The highest BCUT2D eigenvalue weighted by Crippen LogP contribution is 2.39. The van der Waals surface area contributed by atoms with Gasteiger partial charge in [-0.15, -0.1) is 0 Å². The van der Waals surface area contributed by atoms with Gasteiger partial charge < -0.3 is 15.6 Å². The van der Waals surface area contributed by atoms with Crippen LogP contribution in [0.3, 0.4) is 0 Å². The van der Waals surface area contributed by atoms with Crippen molar-refractivity contribution in [3.63, 3.8) is 0 Å². The van der Waals surface area contributed by atoms with Crippen molar-refractivity contribution in [2.75, 3.05) is 5.32 Å². The Morgan fingerprint density at radius 1 is 0.861 bits per heavy atom. The molecular weight excluding hydrogens is 446 g/mol. The molecule has 6 heteroatoms. The molecule has 0 saturated heterocycles. The first-order valence-corrected chi connectivity index (χ1v) is 12.4. The SMILES string of the molecule is CCC(C)NCc1c[nH]c2nc(NC(c3ccccc3)(c3ccccc3)c3ccccc3)[nH]c(=O)c12. The third-order valence-corrected chi connectivity index (χ3v) is 6.80. The molecule has 4 N–H and O–H groups in total. The van der Waals surface area contributed by atoms with Crippen molar-refractivity contribution in [3.05, 3.63) is 130 Å². The number of hydrogen-bond donors (Lipinski definition) is 4. The summed E-state index contributed by atoms with van der Waals surface area (Å²) in [5, 5.41) is 7.68. The highest BCUT2D eigenvalue weighted by Gasteiger charge is 2.37. The maximum Gasteiger partial charge on any atom is 0.262 e. The fourth-order valence-electron chi connectivity index (χ4n) is 4.69. The summed E-state index contributed by atoms with van der Waals surface area (Å²) in [5.41, 5.74) is 3.63. The number of rotatable bonds is 9. The van der Waals surface area contributed by atoms with Crippen LogP contribution in [0.2, 0.25) is 0 Å². The minimum atomic E-state index is -0.777. The van der Waals surface area contributed by atoms with E-state index in [9.17, 15) is 4.79 Å². The zero-order chi connectivity index (χ0) is 25.0. The molecule has 0 spiro atoms. The summed E-state index contributed by atoms with van der Waals surface area (Å²) in [6.45, 7) is 4.88. The zero-order valence-electron chi connectivity index (χ0n) is 20.6. The summed E-state index contributed by atoms with van der Waals surface area (Å²) in [4.78, 5) is 24.3. The topological polar surface area (TPSA) is 85.6 Å². The van der Waals surface area contributed by atoms with Crippen LogP contribution in [-0.4, -0.2) is 21.0 Å². The van der Waals surface area contributed by atoms with E-state index in [2.05, 4.69) is 70.8 Å². The summed E-state index contributed by atoms with van der Waals surface area (Å²) in [5.74, 6) is 0.396. The molecule has 0 fully saturated rings. The average Bonchev–Trinajstić information content (AvgIpc) is 3.35. The molecule has 1 unspecified atom stereocenters. The van der Waals surface area contributed by atoms with Gasteiger partial charge in [-0.3, -0.25) is 9.78 Å². The second-order valence-corrected chi connectivity index (χ2v) is 9.12. The van der Waals surface area contributed by atoms with Crippen LogP contribution in [0, 0.1) is 0 Å². The quantitative estimate of drug-likeness (QED) is 0.210. The van der Waals surface area contributed by atoms with Crippen molar-refractivity contribution < 1.29 is 0 Å². The van der Waals surface area contributed by atoms with Crippen LogP contribution in [-0.2, 0) is 12.1 Å². The van der Waals surface area contributed by atoms with Gasteiger partial charge in [0.05, 0.1) is 5.39 Å². The van der Waals surface area contributed by atoms with Crippen LogP contribution >= 0.6 is 0 Å². The molecule has 36 heavy (non-hydrogen) atoms. The maximum atomic E-state index is 13.3. The monoisotopic (exact) mass is 477 g/mol. The van der Waals surface area contributed by atoms with E-state index in [0.717, 1.165) is 28.7 Å². The molecule has 2 heterocycles. The number of anilines is 1. The van der Waals surface area contributed by atoms with Gasteiger partial charge >= 0.3 is 0 Å². The van der Waals surface area contributed by atoms with Crippen LogP contribution in [0.15, 0.2) is 102 Å². The Labute approximate surface area is 210 Å². The molecule has 0 amide bonds. The summed E-state index contributed by atoms with van der Waals surface area (Å²) >= 11 is 0. The van der Waals surface area contributed by atoms with E-state index in [0.29, 0.717) is 29.6 Å². The molecule has 1 atom stereocenters. The Hall–Kier alpha value is -4.16. The number of H-pyrrole nitrogens is 2. The van der Waals surface area contributed by atoms with Crippen molar-refractivity contribution >= 4 is 17.0 Å². The van der Waals surface area contributed by atoms with Gasteiger partial charge in [0.1, 0.15) is 11.2 Å². The molecule has 5 aromatic rings. The van der Waals surface area contributed by atoms with E-state index >= 15 is 0 Å². The lowest BCUT2D eigenvalue weighted by Gasteiger charge is -2.37. The number of aromatic amines is 2. The van der Waals surface area contributed by atoms with Gasteiger partial charge in [0, 0.05) is 18.8 Å². The van der Waals surface area contributed by atoms with Gasteiger partial charge in [0.25, 0.3) is 5.56 Å². The third-order valence-electron chi connectivity index (χ3n) is 6.80. The van der Waals surface area contributed by atoms with Crippen molar-refractivity contribution in [2.24, 2.45) is 0 Å². The number of aromatic nitrogens is 3. The molecule has 0 radical (unpaired) electrons. The number of fused-ring (bicyclic) bond motifs is 1. The largest absolute Gasteiger partial charge is 0.346 e. The van der Waals surface area contributed by atoms with Gasteiger partial charge in [-0.1, -0.05) is 97.9 Å². The molecular formula is C30H31N5O. The van der Waals surface area contributed by atoms with Crippen molar-refractivity contribution in [2.45, 2.75) is 38.4 Å². The molecule has 0 saturated carbocycles. The van der Waals surface area contributed by atoms with E-state index in [1.807, 2.05) is 60.8 Å². The Morgan fingerprint density at radius 3 is 1.89 bits per heavy atom. The molecule has 182 valence electrons. The summed E-state index contributed by atoms with van der Waals surface area (Å²) in [6.07, 6.45) is 2.89.